The van der Waals surface area contributed by atoms with Crippen LogP contribution in [0.4, 0.5) is 0 Å². The van der Waals surface area contributed by atoms with Gasteiger partial charge in [-0.05, 0) is 42.3 Å². The molecule has 162 valence electrons. The van der Waals surface area contributed by atoms with Crippen molar-refractivity contribution in [2.24, 2.45) is 5.16 Å². The minimum Gasteiger partial charge on any atom is -0.360 e. The average Bonchev–Trinajstić information content (AvgIpc) is 3.40. The molecule has 4 aromatic rings. The Kier molecular flexibility index (Phi) is 4.89. The van der Waals surface area contributed by atoms with Gasteiger partial charge in [0.05, 0.1) is 4.75 Å². The van der Waals surface area contributed by atoms with Crippen LogP contribution >= 0.6 is 23.5 Å². The number of oxime groups is 1. The van der Waals surface area contributed by atoms with Crippen molar-refractivity contribution < 1.29 is 4.84 Å². The van der Waals surface area contributed by atoms with Gasteiger partial charge in [-0.25, -0.2) is 0 Å². The molecule has 0 saturated carbocycles. The zero-order valence-electron chi connectivity index (χ0n) is 18.5. The molecule has 2 aliphatic heterocycles. The van der Waals surface area contributed by atoms with Gasteiger partial charge >= 0.3 is 0 Å². The molecule has 4 aromatic carbocycles. The van der Waals surface area contributed by atoms with E-state index in [1.54, 1.807) is 11.8 Å². The molecule has 0 aromatic heterocycles. The Labute approximate surface area is 203 Å². The van der Waals surface area contributed by atoms with Gasteiger partial charge in [0.25, 0.3) is 4.27 Å². The Morgan fingerprint density at radius 3 is 1.91 bits per heavy atom. The number of hydrogen-bond acceptors (Lipinski definition) is 4. The largest absolute Gasteiger partial charge is 0.360 e. The molecule has 0 bridgehead atoms. The fraction of sp³-hybridized carbons (Fsp3) is 0.138. The highest BCUT2D eigenvalue weighted by Gasteiger charge is 2.60. The molecule has 0 fully saturated rings. The van der Waals surface area contributed by atoms with E-state index in [2.05, 4.69) is 104 Å². The maximum atomic E-state index is 6.37. The summed E-state index contributed by atoms with van der Waals surface area (Å²) in [5.41, 5.74) is 8.56. The Balaban J connectivity index is 1.57. The number of benzene rings is 4. The molecule has 4 heteroatoms. The van der Waals surface area contributed by atoms with Gasteiger partial charge in [0.15, 0.2) is 0 Å². The van der Waals surface area contributed by atoms with Crippen LogP contribution in [0.1, 0.15) is 38.9 Å². The highest BCUT2D eigenvalue weighted by Crippen LogP contribution is 2.69. The molecule has 2 nitrogen and oxygen atoms in total. The molecule has 0 unspecified atom stereocenters. The first-order valence-electron chi connectivity index (χ1n) is 11.1. The summed E-state index contributed by atoms with van der Waals surface area (Å²) in [7, 11) is 0. The highest BCUT2D eigenvalue weighted by atomic mass is 32.2. The molecule has 0 saturated heterocycles. The van der Waals surface area contributed by atoms with E-state index >= 15 is 0 Å². The molecule has 1 atom stereocenters. The first-order chi connectivity index (χ1) is 16.1. The predicted molar refractivity (Wildman–Crippen MR) is 140 cm³/mol. The third-order valence-electron chi connectivity index (χ3n) is 6.27. The monoisotopic (exact) mass is 465 g/mol. The van der Waals surface area contributed by atoms with Gasteiger partial charge in [0.1, 0.15) is 5.04 Å². The highest BCUT2D eigenvalue weighted by molar-refractivity contribution is 8.26. The molecule has 0 radical (unpaired) electrons. The van der Waals surface area contributed by atoms with Crippen LogP contribution in [0.15, 0.2) is 108 Å². The third-order valence-corrected chi connectivity index (χ3v) is 9.40. The van der Waals surface area contributed by atoms with Crippen LogP contribution < -0.4 is 0 Å². The summed E-state index contributed by atoms with van der Waals surface area (Å²) >= 11 is 3.55. The minimum atomic E-state index is -0.644. The standard InChI is InChI=1S/C29H23NOS2/c1-20-10-8-14-23(18-20)28(24-15-9-11-21(2)19-24)25-16-6-7-17-26(25)29(33-28)31-30-27(32-29)22-12-4-3-5-13-22/h3-19H,1-2H3/t29-/m1/s1. The Hall–Kier alpha value is -2.95. The lowest BCUT2D eigenvalue weighted by atomic mass is 9.81. The van der Waals surface area contributed by atoms with E-state index in [9.17, 15) is 0 Å². The van der Waals surface area contributed by atoms with Crippen molar-refractivity contribution >= 4 is 28.6 Å². The molecule has 0 N–H and O–H groups in total. The Morgan fingerprint density at radius 2 is 1.27 bits per heavy atom. The van der Waals surface area contributed by atoms with Crippen molar-refractivity contribution in [1.82, 2.24) is 0 Å². The van der Waals surface area contributed by atoms with Crippen LogP contribution in [0, 0.1) is 13.8 Å². The van der Waals surface area contributed by atoms with E-state index in [1.165, 1.54) is 33.4 Å². The fourth-order valence-electron chi connectivity index (χ4n) is 4.79. The number of rotatable bonds is 3. The normalized spacial score (nSPS) is 20.4. The molecule has 6 rings (SSSR count). The van der Waals surface area contributed by atoms with E-state index in [4.69, 9.17) is 4.84 Å². The van der Waals surface area contributed by atoms with Gasteiger partial charge in [-0.15, -0.1) is 0 Å². The van der Waals surface area contributed by atoms with Gasteiger partial charge in [-0.2, -0.15) is 0 Å². The first kappa shape index (κ1) is 20.6. The minimum absolute atomic E-state index is 0.400. The number of fused-ring (bicyclic) bond motifs is 2. The molecule has 33 heavy (non-hydrogen) atoms. The summed E-state index contributed by atoms with van der Waals surface area (Å²) in [6.45, 7) is 4.32. The Bertz CT molecular complexity index is 1340. The summed E-state index contributed by atoms with van der Waals surface area (Å²) < 4.78 is -1.04. The molecule has 0 amide bonds. The van der Waals surface area contributed by atoms with Crippen molar-refractivity contribution in [1.29, 1.82) is 0 Å². The number of hydrogen-bond donors (Lipinski definition) is 0. The van der Waals surface area contributed by atoms with Crippen molar-refractivity contribution in [2.75, 3.05) is 0 Å². The molecule has 2 aliphatic rings. The lowest BCUT2D eigenvalue weighted by molar-refractivity contribution is 0.106. The lowest BCUT2D eigenvalue weighted by Crippen LogP contribution is -2.24. The summed E-state index contributed by atoms with van der Waals surface area (Å²) in [4.78, 5) is 6.37. The number of thioether (sulfide) groups is 2. The summed E-state index contributed by atoms with van der Waals surface area (Å²) in [6.07, 6.45) is 0. The average molecular weight is 466 g/mol. The zero-order valence-corrected chi connectivity index (χ0v) is 20.1. The van der Waals surface area contributed by atoms with Gasteiger partial charge in [-0.1, -0.05) is 131 Å². The van der Waals surface area contributed by atoms with Crippen molar-refractivity contribution in [3.63, 3.8) is 0 Å². The quantitative estimate of drug-likeness (QED) is 0.311. The van der Waals surface area contributed by atoms with Crippen LogP contribution in [-0.4, -0.2) is 5.04 Å². The van der Waals surface area contributed by atoms with Crippen molar-refractivity contribution in [3.05, 3.63) is 142 Å². The molecular weight excluding hydrogens is 442 g/mol. The second-order valence-electron chi connectivity index (χ2n) is 8.58. The molecule has 1 spiro atoms. The molecule has 0 aliphatic carbocycles. The zero-order chi connectivity index (χ0) is 22.5. The van der Waals surface area contributed by atoms with Gasteiger partial charge in [0, 0.05) is 11.1 Å². The van der Waals surface area contributed by atoms with Crippen LogP contribution in [0.2, 0.25) is 0 Å². The maximum absolute atomic E-state index is 6.37. The first-order valence-corrected chi connectivity index (χ1v) is 12.7. The van der Waals surface area contributed by atoms with E-state index in [0.717, 1.165) is 10.6 Å². The smallest absolute Gasteiger partial charge is 0.262 e. The summed E-state index contributed by atoms with van der Waals surface area (Å²) in [5, 5.41) is 5.51. The Morgan fingerprint density at radius 1 is 0.667 bits per heavy atom. The van der Waals surface area contributed by atoms with Gasteiger partial charge in [0.2, 0.25) is 0 Å². The van der Waals surface area contributed by atoms with E-state index in [1.807, 2.05) is 30.0 Å². The van der Waals surface area contributed by atoms with Crippen LogP contribution in [-0.2, 0) is 13.8 Å². The topological polar surface area (TPSA) is 21.6 Å². The lowest BCUT2D eigenvalue weighted by Gasteiger charge is -2.33. The van der Waals surface area contributed by atoms with Gasteiger partial charge < -0.3 is 4.84 Å². The van der Waals surface area contributed by atoms with Crippen LogP contribution in [0.25, 0.3) is 0 Å². The predicted octanol–water partition coefficient (Wildman–Crippen LogP) is 7.58. The molecule has 2 heterocycles. The second-order valence-corrected chi connectivity index (χ2v) is 11.4. The maximum Gasteiger partial charge on any atom is 0.262 e. The summed E-state index contributed by atoms with van der Waals surface area (Å²) in [6, 6.07) is 36.7. The van der Waals surface area contributed by atoms with Crippen molar-refractivity contribution in [3.8, 4) is 0 Å². The van der Waals surface area contributed by atoms with Crippen LogP contribution in [0.5, 0.6) is 0 Å². The third kappa shape index (κ3) is 3.24. The molecular formula is C29H23NOS2. The fourth-order valence-corrected chi connectivity index (χ4v) is 8.06. The number of nitrogens with zero attached hydrogens (tertiary/aromatic N) is 1. The summed E-state index contributed by atoms with van der Waals surface area (Å²) in [5.74, 6) is 0. The van der Waals surface area contributed by atoms with E-state index in [-0.39, 0.29) is 0 Å². The van der Waals surface area contributed by atoms with Crippen molar-refractivity contribution in [2.45, 2.75) is 22.9 Å². The van der Waals surface area contributed by atoms with E-state index in [0.29, 0.717) is 0 Å². The SMILES string of the molecule is Cc1cccc(C2(c3cccc(C)c3)S[C@@]3(ON=C(c4ccccc4)S3)c3ccccc32)c1. The van der Waals surface area contributed by atoms with Gasteiger partial charge in [-0.3, -0.25) is 0 Å². The van der Waals surface area contributed by atoms with E-state index < -0.39 is 9.01 Å². The second kappa shape index (κ2) is 7.82. The number of aryl methyl sites for hydroxylation is 2. The van der Waals surface area contributed by atoms with Crippen LogP contribution in [0.3, 0.4) is 0 Å².